The number of alkyl halides is 2. The maximum atomic E-state index is 14.3. The normalized spacial score (nSPS) is 19.9. The van der Waals surface area contributed by atoms with Crippen LogP contribution in [0.5, 0.6) is 0 Å². The molecular weight excluding hydrogens is 603 g/mol. The number of nitrogens with zero attached hydrogens (tertiary/aromatic N) is 4. The molecule has 0 radical (unpaired) electrons. The molecule has 2 aliphatic rings. The van der Waals surface area contributed by atoms with Crippen LogP contribution in [0.2, 0.25) is 0 Å². The number of aromatic nitrogens is 3. The fourth-order valence-corrected chi connectivity index (χ4v) is 7.85. The average molecular weight is 629 g/mol. The summed E-state index contributed by atoms with van der Waals surface area (Å²) in [7, 11) is -4.54. The number of hydrogen-bond acceptors (Lipinski definition) is 5. The van der Waals surface area contributed by atoms with Crippen molar-refractivity contribution in [1.29, 1.82) is 0 Å². The largest absolute Gasteiger partial charge is 0.291 e. The minimum Gasteiger partial charge on any atom is -0.291 e. The van der Waals surface area contributed by atoms with Gasteiger partial charge in [-0.05, 0) is 91.9 Å². The van der Waals surface area contributed by atoms with Gasteiger partial charge in [-0.3, -0.25) is 9.78 Å². The molecule has 0 amide bonds. The molecule has 228 valence electrons. The van der Waals surface area contributed by atoms with Crippen LogP contribution in [0.3, 0.4) is 0 Å². The summed E-state index contributed by atoms with van der Waals surface area (Å²) in [6.45, 7) is -1.14. The van der Waals surface area contributed by atoms with Gasteiger partial charge in [0, 0.05) is 18.3 Å². The van der Waals surface area contributed by atoms with Gasteiger partial charge in [-0.25, -0.2) is 35.1 Å². The van der Waals surface area contributed by atoms with Crippen LogP contribution in [0.1, 0.15) is 41.0 Å². The molecule has 7 nitrogen and oxygen atoms in total. The quantitative estimate of drug-likeness (QED) is 0.177. The van der Waals surface area contributed by atoms with E-state index < -0.39 is 57.7 Å². The van der Waals surface area contributed by atoms with Gasteiger partial charge in [0.05, 0.1) is 34.4 Å². The molecule has 1 saturated carbocycles. The zero-order chi connectivity index (χ0) is 31.2. The summed E-state index contributed by atoms with van der Waals surface area (Å²) in [5, 5.41) is 4.44. The summed E-state index contributed by atoms with van der Waals surface area (Å²) in [6.07, 6.45) is 1.48. The number of carbonyl (C=O) groups excluding carboxylic acids is 1. The van der Waals surface area contributed by atoms with Crippen LogP contribution >= 0.6 is 0 Å². The summed E-state index contributed by atoms with van der Waals surface area (Å²) >= 11 is 0. The van der Waals surface area contributed by atoms with Crippen molar-refractivity contribution in [2.45, 2.75) is 43.0 Å². The number of halogens is 5. The minimum absolute atomic E-state index is 0.0159. The average Bonchev–Trinajstić information content (AvgIpc) is 3.40. The predicted molar refractivity (Wildman–Crippen MR) is 150 cm³/mol. The lowest BCUT2D eigenvalue weighted by molar-refractivity contribution is 0.0656. The smallest absolute Gasteiger partial charge is 0.252 e. The summed E-state index contributed by atoms with van der Waals surface area (Å²) in [4.78, 5) is 18.0. The van der Waals surface area contributed by atoms with Gasteiger partial charge in [0.15, 0.2) is 5.78 Å². The summed E-state index contributed by atoms with van der Waals surface area (Å²) in [6, 6.07) is 10.5. The Morgan fingerprint density at radius 3 is 2.34 bits per heavy atom. The van der Waals surface area contributed by atoms with Crippen LogP contribution in [-0.4, -0.2) is 52.3 Å². The first-order chi connectivity index (χ1) is 21.0. The number of ketones is 1. The standard InChI is InChI=1S/C31H25F5N4O3S/c32-21-2-7-24(8-3-21)40-28-13-20-1-6-25(39(18-29(35)36)44(42,43)26-9-4-22(33)5-10-26)16-31(20,15-19(28)17-38-40)30(41)27-14-23(34)11-12-37-27/h2-5,7-14,17,25,29H,1,6,15-16,18H2/t25-,31-/m0/s1. The van der Waals surface area contributed by atoms with Crippen LogP contribution in [-0.2, 0) is 16.4 Å². The highest BCUT2D eigenvalue weighted by Gasteiger charge is 2.52. The molecule has 0 spiro atoms. The fraction of sp³-hybridized carbons (Fsp3) is 0.258. The van der Waals surface area contributed by atoms with Crippen LogP contribution in [0.4, 0.5) is 22.0 Å². The molecule has 1 fully saturated rings. The highest BCUT2D eigenvalue weighted by atomic mass is 32.2. The Morgan fingerprint density at radius 1 is 1.00 bits per heavy atom. The maximum Gasteiger partial charge on any atom is 0.252 e. The Morgan fingerprint density at radius 2 is 1.68 bits per heavy atom. The molecular formula is C31H25F5N4O3S. The van der Waals surface area contributed by atoms with Gasteiger partial charge in [0.1, 0.15) is 23.1 Å². The van der Waals surface area contributed by atoms with E-state index in [0.717, 1.165) is 42.6 Å². The Hall–Kier alpha value is -4.23. The van der Waals surface area contributed by atoms with E-state index in [1.54, 1.807) is 22.9 Å². The number of Topliss-reactive ketones (excluding diaryl/α,β-unsaturated/α-hetero) is 1. The Labute approximate surface area is 249 Å². The van der Waals surface area contributed by atoms with Gasteiger partial charge >= 0.3 is 0 Å². The van der Waals surface area contributed by atoms with Crippen molar-refractivity contribution in [1.82, 2.24) is 19.1 Å². The summed E-state index contributed by atoms with van der Waals surface area (Å²) < 4.78 is 98.9. The number of hydrogen-bond donors (Lipinski definition) is 0. The van der Waals surface area contributed by atoms with Gasteiger partial charge in [0.25, 0.3) is 6.43 Å². The zero-order valence-electron chi connectivity index (χ0n) is 23.0. The van der Waals surface area contributed by atoms with Crippen molar-refractivity contribution in [3.8, 4) is 5.69 Å². The van der Waals surface area contributed by atoms with Crippen molar-refractivity contribution in [3.63, 3.8) is 0 Å². The first-order valence-corrected chi connectivity index (χ1v) is 15.2. The van der Waals surface area contributed by atoms with Crippen molar-refractivity contribution in [2.24, 2.45) is 5.41 Å². The topological polar surface area (TPSA) is 85.2 Å². The Balaban J connectivity index is 1.45. The summed E-state index contributed by atoms with van der Waals surface area (Å²) in [5.74, 6) is -2.40. The lowest BCUT2D eigenvalue weighted by atomic mass is 9.60. The molecule has 2 atom stereocenters. The van der Waals surface area contributed by atoms with Crippen LogP contribution in [0, 0.1) is 22.9 Å². The highest BCUT2D eigenvalue weighted by molar-refractivity contribution is 7.89. The number of sulfonamides is 1. The van der Waals surface area contributed by atoms with Crippen molar-refractivity contribution >= 4 is 21.9 Å². The van der Waals surface area contributed by atoms with Gasteiger partial charge in [-0.1, -0.05) is 5.57 Å². The molecule has 13 heteroatoms. The van der Waals surface area contributed by atoms with Crippen molar-refractivity contribution in [2.75, 3.05) is 6.54 Å². The molecule has 2 aromatic carbocycles. The van der Waals surface area contributed by atoms with E-state index in [1.807, 2.05) is 0 Å². The van der Waals surface area contributed by atoms with E-state index in [9.17, 15) is 35.2 Å². The maximum absolute atomic E-state index is 14.3. The number of rotatable bonds is 8. The van der Waals surface area contributed by atoms with Gasteiger partial charge in [-0.15, -0.1) is 0 Å². The molecule has 0 unspecified atom stereocenters. The van der Waals surface area contributed by atoms with Crippen molar-refractivity contribution < 1.29 is 35.2 Å². The van der Waals surface area contributed by atoms with E-state index in [0.29, 0.717) is 26.8 Å². The number of allylic oxidation sites excluding steroid dienone is 1. The van der Waals surface area contributed by atoms with Gasteiger partial charge < -0.3 is 0 Å². The number of pyridine rings is 1. The van der Waals surface area contributed by atoms with Crippen molar-refractivity contribution in [3.05, 3.63) is 113 Å². The molecule has 44 heavy (non-hydrogen) atoms. The lowest BCUT2D eigenvalue weighted by Gasteiger charge is -2.46. The van der Waals surface area contributed by atoms with E-state index >= 15 is 0 Å². The first-order valence-electron chi connectivity index (χ1n) is 13.7. The minimum atomic E-state index is -4.54. The third kappa shape index (κ3) is 5.34. The fourth-order valence-electron chi connectivity index (χ4n) is 6.21. The Bertz CT molecular complexity index is 1860. The highest BCUT2D eigenvalue weighted by Crippen LogP contribution is 2.51. The molecule has 0 aliphatic heterocycles. The van der Waals surface area contributed by atoms with E-state index in [-0.39, 0.29) is 36.3 Å². The molecule has 2 aliphatic carbocycles. The van der Waals surface area contributed by atoms with Gasteiger partial charge in [0.2, 0.25) is 10.0 Å². The van der Waals surface area contributed by atoms with E-state index in [2.05, 4.69) is 10.1 Å². The SMILES string of the molecule is O=C(c1cc(F)ccn1)[C@]12Cc3cnn(-c4ccc(F)cc4)c3C=C1CC[C@H](N(CC(F)F)S(=O)(=O)c1ccc(F)cc1)C2. The molecule has 0 N–H and O–H groups in total. The second-order valence-electron chi connectivity index (χ2n) is 10.9. The summed E-state index contributed by atoms with van der Waals surface area (Å²) in [5.41, 5.74) is 0.753. The molecule has 6 rings (SSSR count). The number of carbonyl (C=O) groups is 1. The van der Waals surface area contributed by atoms with E-state index in [4.69, 9.17) is 0 Å². The number of fused-ring (bicyclic) bond motifs is 2. The predicted octanol–water partition coefficient (Wildman–Crippen LogP) is 6.00. The molecule has 2 heterocycles. The third-order valence-corrected chi connectivity index (χ3v) is 10.2. The third-order valence-electron chi connectivity index (χ3n) is 8.24. The molecule has 0 bridgehead atoms. The van der Waals surface area contributed by atoms with Crippen LogP contribution in [0.25, 0.3) is 11.8 Å². The second-order valence-corrected chi connectivity index (χ2v) is 12.8. The monoisotopic (exact) mass is 628 g/mol. The Kier molecular flexibility index (Phi) is 7.70. The molecule has 2 aromatic heterocycles. The zero-order valence-corrected chi connectivity index (χ0v) is 23.8. The van der Waals surface area contributed by atoms with E-state index in [1.165, 1.54) is 18.3 Å². The number of benzene rings is 2. The van der Waals surface area contributed by atoms with Crippen LogP contribution in [0.15, 0.2) is 83.5 Å². The lowest BCUT2D eigenvalue weighted by Crippen LogP contribution is -2.51. The van der Waals surface area contributed by atoms with Gasteiger partial charge in [-0.2, -0.15) is 9.40 Å². The molecule has 0 saturated heterocycles. The first kappa shape index (κ1) is 29.8. The molecule has 4 aromatic rings. The van der Waals surface area contributed by atoms with Crippen LogP contribution < -0.4 is 0 Å². The second kappa shape index (κ2) is 11.4.